The van der Waals surface area contributed by atoms with Crippen molar-refractivity contribution in [3.63, 3.8) is 0 Å². The van der Waals surface area contributed by atoms with Crippen molar-refractivity contribution in [1.82, 2.24) is 0 Å². The first-order chi connectivity index (χ1) is 16.2. The largest absolute Gasteiger partial charge is 0.486 e. The Morgan fingerprint density at radius 1 is 0.909 bits per heavy atom. The van der Waals surface area contributed by atoms with Crippen molar-refractivity contribution in [3.8, 4) is 11.5 Å². The highest BCUT2D eigenvalue weighted by Crippen LogP contribution is 2.48. The number of nitrogens with zero attached hydrogens (tertiary/aromatic N) is 2. The van der Waals surface area contributed by atoms with Crippen LogP contribution in [0, 0.1) is 0 Å². The van der Waals surface area contributed by atoms with Gasteiger partial charge in [-0.1, -0.05) is 60.7 Å². The van der Waals surface area contributed by atoms with Crippen LogP contribution in [0.4, 0.5) is 4.39 Å². The molecule has 0 spiro atoms. The summed E-state index contributed by atoms with van der Waals surface area (Å²) in [6.07, 6.45) is 3.80. The number of fused-ring (bicyclic) bond motifs is 2. The SMILES string of the molecule is NC1=NC(c2cccc(C3C=CC=NC3F)c2)(c2ccc3c(c2)OCCO3)c2ccccc21. The molecule has 2 N–H and O–H groups in total. The number of benzene rings is 3. The van der Waals surface area contributed by atoms with E-state index >= 15 is 0 Å². The van der Waals surface area contributed by atoms with Gasteiger partial charge >= 0.3 is 0 Å². The van der Waals surface area contributed by atoms with E-state index in [0.29, 0.717) is 30.5 Å². The minimum absolute atomic E-state index is 0.453. The third kappa shape index (κ3) is 3.05. The summed E-state index contributed by atoms with van der Waals surface area (Å²) in [6, 6.07) is 21.8. The molecule has 164 valence electrons. The molecule has 3 heterocycles. The Labute approximate surface area is 191 Å². The molecule has 3 aromatic rings. The number of dihydropyridines is 1. The van der Waals surface area contributed by atoms with Gasteiger partial charge in [-0.25, -0.2) is 9.38 Å². The number of amidine groups is 1. The van der Waals surface area contributed by atoms with Crippen LogP contribution in [0.2, 0.25) is 0 Å². The predicted octanol–water partition coefficient (Wildman–Crippen LogP) is 4.49. The minimum Gasteiger partial charge on any atom is -0.486 e. The van der Waals surface area contributed by atoms with E-state index in [-0.39, 0.29) is 0 Å². The lowest BCUT2D eigenvalue weighted by Crippen LogP contribution is -2.26. The lowest BCUT2D eigenvalue weighted by molar-refractivity contribution is 0.171. The van der Waals surface area contributed by atoms with E-state index in [1.54, 1.807) is 6.08 Å². The predicted molar refractivity (Wildman–Crippen MR) is 126 cm³/mol. The number of rotatable bonds is 3. The van der Waals surface area contributed by atoms with Crippen molar-refractivity contribution in [2.24, 2.45) is 15.7 Å². The molecule has 0 radical (unpaired) electrons. The van der Waals surface area contributed by atoms with Crippen molar-refractivity contribution in [3.05, 3.63) is 107 Å². The van der Waals surface area contributed by atoms with Crippen LogP contribution >= 0.6 is 0 Å². The first kappa shape index (κ1) is 19.7. The maximum atomic E-state index is 14.6. The van der Waals surface area contributed by atoms with Gasteiger partial charge in [0.1, 0.15) is 24.6 Å². The molecule has 6 heteroatoms. The zero-order chi connectivity index (χ0) is 22.4. The maximum Gasteiger partial charge on any atom is 0.199 e. The second kappa shape index (κ2) is 7.59. The Bertz CT molecular complexity index is 1330. The van der Waals surface area contributed by atoms with E-state index in [0.717, 1.165) is 27.8 Å². The molecule has 3 atom stereocenters. The van der Waals surface area contributed by atoms with Crippen LogP contribution in [0.15, 0.2) is 88.9 Å². The van der Waals surface area contributed by atoms with E-state index in [1.807, 2.05) is 72.8 Å². The topological polar surface area (TPSA) is 69.2 Å². The van der Waals surface area contributed by atoms with E-state index in [4.69, 9.17) is 20.2 Å². The van der Waals surface area contributed by atoms with Crippen LogP contribution in [0.1, 0.15) is 33.7 Å². The van der Waals surface area contributed by atoms with E-state index < -0.39 is 17.8 Å². The second-order valence-corrected chi connectivity index (χ2v) is 8.32. The molecular formula is C27H22FN3O2. The normalized spacial score (nSPS) is 24.9. The Balaban J connectivity index is 1.57. The van der Waals surface area contributed by atoms with Crippen LogP contribution in [-0.4, -0.2) is 31.6 Å². The van der Waals surface area contributed by atoms with Gasteiger partial charge in [-0.05, 0) is 40.5 Å². The number of aliphatic imine (C=N–C) groups is 2. The summed E-state index contributed by atoms with van der Waals surface area (Å²) >= 11 is 0. The molecular weight excluding hydrogens is 417 g/mol. The molecule has 0 amide bonds. The van der Waals surface area contributed by atoms with Gasteiger partial charge in [0.25, 0.3) is 0 Å². The van der Waals surface area contributed by atoms with Gasteiger partial charge in [0.15, 0.2) is 17.8 Å². The van der Waals surface area contributed by atoms with Gasteiger partial charge < -0.3 is 15.2 Å². The molecule has 0 bridgehead atoms. The Hall–Kier alpha value is -3.93. The molecule has 0 saturated heterocycles. The highest BCUT2D eigenvalue weighted by atomic mass is 19.1. The van der Waals surface area contributed by atoms with Crippen LogP contribution < -0.4 is 15.2 Å². The van der Waals surface area contributed by atoms with E-state index in [2.05, 4.69) is 4.99 Å². The van der Waals surface area contributed by atoms with Gasteiger partial charge in [0.05, 0.1) is 5.92 Å². The van der Waals surface area contributed by atoms with Crippen LogP contribution in [0.5, 0.6) is 11.5 Å². The molecule has 0 saturated carbocycles. The van der Waals surface area contributed by atoms with Gasteiger partial charge in [0.2, 0.25) is 0 Å². The number of halogens is 1. The average molecular weight is 439 g/mol. The number of allylic oxidation sites excluding steroid dienone is 1. The Morgan fingerprint density at radius 2 is 1.73 bits per heavy atom. The van der Waals surface area contributed by atoms with Crippen molar-refractivity contribution >= 4 is 12.1 Å². The van der Waals surface area contributed by atoms with Crippen molar-refractivity contribution in [1.29, 1.82) is 0 Å². The molecule has 3 aliphatic heterocycles. The van der Waals surface area contributed by atoms with Crippen molar-refractivity contribution in [2.75, 3.05) is 13.2 Å². The van der Waals surface area contributed by atoms with Crippen LogP contribution in [0.3, 0.4) is 0 Å². The summed E-state index contributed by atoms with van der Waals surface area (Å²) in [4.78, 5) is 8.97. The zero-order valence-corrected chi connectivity index (χ0v) is 17.8. The smallest absolute Gasteiger partial charge is 0.199 e. The molecule has 0 aromatic heterocycles. The third-order valence-electron chi connectivity index (χ3n) is 6.46. The minimum atomic E-state index is -1.32. The molecule has 0 aliphatic carbocycles. The zero-order valence-electron chi connectivity index (χ0n) is 17.8. The summed E-state index contributed by atoms with van der Waals surface area (Å²) in [6.45, 7) is 1.02. The fraction of sp³-hybridized carbons (Fsp3) is 0.185. The summed E-state index contributed by atoms with van der Waals surface area (Å²) in [5.41, 5.74) is 10.1. The summed E-state index contributed by atoms with van der Waals surface area (Å²) in [7, 11) is 0. The Morgan fingerprint density at radius 3 is 2.61 bits per heavy atom. The summed E-state index contributed by atoms with van der Waals surface area (Å²) < 4.78 is 26.2. The molecule has 3 unspecified atom stereocenters. The van der Waals surface area contributed by atoms with Gasteiger partial charge in [-0.15, -0.1) is 0 Å². The van der Waals surface area contributed by atoms with Crippen LogP contribution in [-0.2, 0) is 5.54 Å². The summed E-state index contributed by atoms with van der Waals surface area (Å²) in [5.74, 6) is 1.41. The molecule has 5 nitrogen and oxygen atoms in total. The van der Waals surface area contributed by atoms with Gasteiger partial charge in [-0.3, -0.25) is 4.99 Å². The maximum absolute atomic E-state index is 14.6. The lowest BCUT2D eigenvalue weighted by atomic mass is 9.76. The quantitative estimate of drug-likeness (QED) is 0.612. The number of ether oxygens (including phenoxy) is 2. The molecule has 0 fully saturated rings. The highest BCUT2D eigenvalue weighted by molar-refractivity contribution is 6.03. The molecule has 3 aromatic carbocycles. The third-order valence-corrected chi connectivity index (χ3v) is 6.46. The summed E-state index contributed by atoms with van der Waals surface area (Å²) in [5, 5.41) is 0. The molecule has 33 heavy (non-hydrogen) atoms. The lowest BCUT2D eigenvalue weighted by Gasteiger charge is -2.31. The van der Waals surface area contributed by atoms with Gasteiger partial charge in [0, 0.05) is 11.8 Å². The average Bonchev–Trinajstić information content (AvgIpc) is 3.18. The van der Waals surface area contributed by atoms with Gasteiger partial charge in [-0.2, -0.15) is 0 Å². The van der Waals surface area contributed by atoms with E-state index in [1.165, 1.54) is 6.21 Å². The Kier molecular flexibility index (Phi) is 4.54. The fourth-order valence-corrected chi connectivity index (χ4v) is 4.92. The number of hydrogen-bond acceptors (Lipinski definition) is 5. The monoisotopic (exact) mass is 439 g/mol. The first-order valence-corrected chi connectivity index (χ1v) is 11.0. The molecule has 6 rings (SSSR count). The first-order valence-electron chi connectivity index (χ1n) is 11.0. The number of hydrogen-bond donors (Lipinski definition) is 1. The van der Waals surface area contributed by atoms with Crippen LogP contribution in [0.25, 0.3) is 0 Å². The number of nitrogens with two attached hydrogens (primary N) is 1. The second-order valence-electron chi connectivity index (χ2n) is 8.32. The fourth-order valence-electron chi connectivity index (χ4n) is 4.92. The van der Waals surface area contributed by atoms with E-state index in [9.17, 15) is 4.39 Å². The highest BCUT2D eigenvalue weighted by Gasteiger charge is 2.43. The van der Waals surface area contributed by atoms with Crippen molar-refractivity contribution in [2.45, 2.75) is 17.8 Å². The molecule has 3 aliphatic rings. The van der Waals surface area contributed by atoms with Crippen molar-refractivity contribution < 1.29 is 13.9 Å². The standard InChI is InChI=1S/C27H22FN3O2/c28-25-20(8-4-12-30-25)17-5-3-6-18(15-17)27(22-9-2-1-7-21(22)26(29)31-27)19-10-11-23-24(16-19)33-14-13-32-23/h1-12,15-16,20,25H,13-14H2,(H2,29,31). The number of alkyl halides is 1.